The number of halogens is 2. The molecule has 5 nitrogen and oxygen atoms in total. The van der Waals surface area contributed by atoms with Crippen molar-refractivity contribution in [2.24, 2.45) is 5.73 Å². The van der Waals surface area contributed by atoms with E-state index in [0.29, 0.717) is 21.5 Å². The number of H-pyrrole nitrogens is 1. The predicted octanol–water partition coefficient (Wildman–Crippen LogP) is 4.23. The van der Waals surface area contributed by atoms with Gasteiger partial charge in [-0.3, -0.25) is 5.10 Å². The maximum atomic E-state index is 9.62. The lowest BCUT2D eigenvalue weighted by atomic mass is 9.79. The molecule has 3 rings (SSSR count). The molecule has 0 fully saturated rings. The fourth-order valence-electron chi connectivity index (χ4n) is 2.84. The monoisotopic (exact) mass is 362 g/mol. The number of hydrogen-bond donors (Lipinski definition) is 2. The molecule has 0 radical (unpaired) electrons. The number of hydrogen-bond acceptors (Lipinski definition) is 4. The molecule has 0 amide bonds. The zero-order valence-electron chi connectivity index (χ0n) is 13.4. The molecule has 1 aromatic heterocycles. The van der Waals surface area contributed by atoms with Gasteiger partial charge in [-0.1, -0.05) is 50.0 Å². The van der Waals surface area contributed by atoms with Crippen molar-refractivity contribution < 1.29 is 4.74 Å². The fourth-order valence-corrected chi connectivity index (χ4v) is 3.15. The van der Waals surface area contributed by atoms with Gasteiger partial charge in [-0.05, 0) is 17.7 Å². The van der Waals surface area contributed by atoms with E-state index in [1.807, 2.05) is 6.07 Å². The Bertz CT molecular complexity index is 887. The van der Waals surface area contributed by atoms with Crippen LogP contribution in [0.2, 0.25) is 10.0 Å². The fraction of sp³-hybridized carbons (Fsp3) is 0.294. The average Bonchev–Trinajstić information content (AvgIpc) is 2.92. The molecule has 0 saturated heterocycles. The van der Waals surface area contributed by atoms with Gasteiger partial charge in [0.1, 0.15) is 11.6 Å². The van der Waals surface area contributed by atoms with Crippen LogP contribution in [0.25, 0.3) is 0 Å². The number of nitrogens with one attached hydrogen (secondary N) is 1. The number of allylic oxidation sites excluding steroid dienone is 1. The highest BCUT2D eigenvalue weighted by Gasteiger charge is 2.38. The molecule has 0 aliphatic carbocycles. The van der Waals surface area contributed by atoms with Gasteiger partial charge in [-0.25, -0.2) is 0 Å². The molecule has 1 atom stereocenters. The lowest BCUT2D eigenvalue weighted by Crippen LogP contribution is -2.23. The molecule has 1 aliphatic rings. The Kier molecular flexibility index (Phi) is 3.98. The van der Waals surface area contributed by atoms with Crippen LogP contribution in [0.15, 0.2) is 29.7 Å². The zero-order chi connectivity index (χ0) is 17.6. The SMILES string of the molecule is CC(C)(C)c1[nH]nc2c1[C@@H](c1ccc(Cl)c(Cl)c1)C(C#N)=C(N)O2. The van der Waals surface area contributed by atoms with E-state index in [9.17, 15) is 5.26 Å². The quantitative estimate of drug-likeness (QED) is 0.794. The van der Waals surface area contributed by atoms with Crippen LogP contribution in [0.4, 0.5) is 0 Å². The lowest BCUT2D eigenvalue weighted by molar-refractivity contribution is 0.378. The third-order valence-corrected chi connectivity index (χ3v) is 4.70. The Balaban J connectivity index is 2.28. The second-order valence-corrected chi connectivity index (χ2v) is 7.48. The maximum absolute atomic E-state index is 9.62. The summed E-state index contributed by atoms with van der Waals surface area (Å²) in [6, 6.07) is 7.44. The van der Waals surface area contributed by atoms with Crippen molar-refractivity contribution in [3.63, 3.8) is 0 Å². The van der Waals surface area contributed by atoms with Crippen molar-refractivity contribution in [3.8, 4) is 11.9 Å². The molecular weight excluding hydrogens is 347 g/mol. The van der Waals surface area contributed by atoms with E-state index in [1.54, 1.807) is 12.1 Å². The summed E-state index contributed by atoms with van der Waals surface area (Å²) in [4.78, 5) is 0. The standard InChI is InChI=1S/C17H16Cl2N4O/c1-17(2,3)14-13-12(8-4-5-10(18)11(19)6-8)9(7-20)15(21)24-16(13)23-22-14/h4-6,12H,21H2,1-3H3,(H,22,23)/t12-/m0/s1. The number of nitriles is 1. The largest absolute Gasteiger partial charge is 0.420 e. The van der Waals surface area contributed by atoms with Crippen LogP contribution in [0.1, 0.15) is 43.5 Å². The summed E-state index contributed by atoms with van der Waals surface area (Å²) in [6.45, 7) is 6.17. The zero-order valence-corrected chi connectivity index (χ0v) is 15.0. The molecule has 2 aromatic rings. The topological polar surface area (TPSA) is 87.7 Å². The van der Waals surface area contributed by atoms with Crippen LogP contribution >= 0.6 is 23.2 Å². The second-order valence-electron chi connectivity index (χ2n) is 6.67. The van der Waals surface area contributed by atoms with Gasteiger partial charge in [0.25, 0.3) is 0 Å². The minimum Gasteiger partial charge on any atom is -0.420 e. The second kappa shape index (κ2) is 5.73. The van der Waals surface area contributed by atoms with Gasteiger partial charge in [-0.15, -0.1) is 5.10 Å². The molecule has 1 aliphatic heterocycles. The highest BCUT2D eigenvalue weighted by Crippen LogP contribution is 2.46. The van der Waals surface area contributed by atoms with Crippen LogP contribution < -0.4 is 10.5 Å². The van der Waals surface area contributed by atoms with Crippen molar-refractivity contribution in [3.05, 3.63) is 56.5 Å². The van der Waals surface area contributed by atoms with Gasteiger partial charge >= 0.3 is 0 Å². The molecule has 1 aromatic carbocycles. The van der Waals surface area contributed by atoms with Crippen LogP contribution in [-0.2, 0) is 5.41 Å². The van der Waals surface area contributed by atoms with Crippen LogP contribution in [0.3, 0.4) is 0 Å². The Morgan fingerprint density at radius 1 is 1.29 bits per heavy atom. The molecule has 2 heterocycles. The van der Waals surface area contributed by atoms with E-state index in [0.717, 1.165) is 16.8 Å². The number of aromatic amines is 1. The van der Waals surface area contributed by atoms with Crippen molar-refractivity contribution in [1.82, 2.24) is 10.2 Å². The summed E-state index contributed by atoms with van der Waals surface area (Å²) < 4.78 is 5.55. The van der Waals surface area contributed by atoms with Gasteiger partial charge in [-0.2, -0.15) is 5.26 Å². The smallest absolute Gasteiger partial charge is 0.244 e. The highest BCUT2D eigenvalue weighted by atomic mass is 35.5. The van der Waals surface area contributed by atoms with Crippen LogP contribution in [-0.4, -0.2) is 10.2 Å². The highest BCUT2D eigenvalue weighted by molar-refractivity contribution is 6.42. The third kappa shape index (κ3) is 2.62. The summed E-state index contributed by atoms with van der Waals surface area (Å²) in [5.41, 5.74) is 8.54. The number of nitrogens with two attached hydrogens (primary N) is 1. The van der Waals surface area contributed by atoms with E-state index in [2.05, 4.69) is 37.0 Å². The molecule has 0 saturated carbocycles. The molecular formula is C17H16Cl2N4O. The Labute approximate surface area is 150 Å². The summed E-state index contributed by atoms with van der Waals surface area (Å²) >= 11 is 12.2. The summed E-state index contributed by atoms with van der Waals surface area (Å²) in [7, 11) is 0. The first-order valence-electron chi connectivity index (χ1n) is 7.35. The van der Waals surface area contributed by atoms with E-state index < -0.39 is 5.92 Å². The summed E-state index contributed by atoms with van der Waals surface area (Å²) in [5.74, 6) is 0.0158. The van der Waals surface area contributed by atoms with Crippen molar-refractivity contribution in [2.75, 3.05) is 0 Å². The molecule has 0 spiro atoms. The predicted molar refractivity (Wildman–Crippen MR) is 93.0 cm³/mol. The number of benzene rings is 1. The number of aromatic nitrogens is 2. The normalized spacial score (nSPS) is 17.2. The van der Waals surface area contributed by atoms with Gasteiger partial charge < -0.3 is 10.5 Å². The first-order chi connectivity index (χ1) is 11.2. The number of rotatable bonds is 1. The molecule has 7 heteroatoms. The average molecular weight is 363 g/mol. The first kappa shape index (κ1) is 16.7. The number of nitrogens with zero attached hydrogens (tertiary/aromatic N) is 2. The Hall–Kier alpha value is -2.16. The van der Waals surface area contributed by atoms with E-state index in [-0.39, 0.29) is 11.3 Å². The first-order valence-corrected chi connectivity index (χ1v) is 8.11. The molecule has 0 unspecified atom stereocenters. The molecule has 3 N–H and O–H groups in total. The van der Waals surface area contributed by atoms with Gasteiger partial charge in [0, 0.05) is 11.1 Å². The summed E-state index contributed by atoms with van der Waals surface area (Å²) in [6.07, 6.45) is 0. The molecule has 0 bridgehead atoms. The van der Waals surface area contributed by atoms with Gasteiger partial charge in [0.15, 0.2) is 0 Å². The number of fused-ring (bicyclic) bond motifs is 1. The van der Waals surface area contributed by atoms with Crippen LogP contribution in [0.5, 0.6) is 5.88 Å². The minimum atomic E-state index is -0.415. The number of ether oxygens (including phenoxy) is 1. The van der Waals surface area contributed by atoms with E-state index >= 15 is 0 Å². The van der Waals surface area contributed by atoms with E-state index in [1.165, 1.54) is 0 Å². The van der Waals surface area contributed by atoms with Crippen molar-refractivity contribution in [2.45, 2.75) is 32.1 Å². The third-order valence-electron chi connectivity index (χ3n) is 3.97. The van der Waals surface area contributed by atoms with Gasteiger partial charge in [0.2, 0.25) is 11.8 Å². The van der Waals surface area contributed by atoms with Crippen molar-refractivity contribution in [1.29, 1.82) is 5.26 Å². The minimum absolute atomic E-state index is 0.0491. The van der Waals surface area contributed by atoms with Crippen LogP contribution in [0, 0.1) is 11.3 Å². The lowest BCUT2D eigenvalue weighted by Gasteiger charge is -2.27. The van der Waals surface area contributed by atoms with Gasteiger partial charge in [0.05, 0.1) is 21.5 Å². The molecule has 24 heavy (non-hydrogen) atoms. The summed E-state index contributed by atoms with van der Waals surface area (Å²) in [5, 5.41) is 17.7. The Morgan fingerprint density at radius 3 is 2.58 bits per heavy atom. The maximum Gasteiger partial charge on any atom is 0.244 e. The molecule has 124 valence electrons. The van der Waals surface area contributed by atoms with Crippen molar-refractivity contribution >= 4 is 23.2 Å². The Morgan fingerprint density at radius 2 is 2.00 bits per heavy atom. The van der Waals surface area contributed by atoms with E-state index in [4.69, 9.17) is 33.7 Å².